The van der Waals surface area contributed by atoms with Gasteiger partial charge in [0.05, 0.1) is 4.90 Å². The molecule has 0 aromatic heterocycles. The highest BCUT2D eigenvalue weighted by molar-refractivity contribution is 7.92. The Labute approximate surface area is 154 Å². The molecule has 2 N–H and O–H groups in total. The SMILES string of the molecule is Cc1cc(C)c(C)c(S(=O)(=O)Nc2cccc(C(=O)NC3CC3)c2)c1C. The van der Waals surface area contributed by atoms with Crippen molar-refractivity contribution in [2.45, 2.75) is 51.5 Å². The molecular formula is C20H24N2O3S. The van der Waals surface area contributed by atoms with E-state index in [2.05, 4.69) is 10.0 Å². The van der Waals surface area contributed by atoms with E-state index in [1.165, 1.54) is 0 Å². The van der Waals surface area contributed by atoms with Crippen LogP contribution in [-0.4, -0.2) is 20.4 Å². The molecule has 0 radical (unpaired) electrons. The number of sulfonamides is 1. The molecule has 0 saturated heterocycles. The first-order valence-electron chi connectivity index (χ1n) is 8.70. The van der Waals surface area contributed by atoms with E-state index in [0.29, 0.717) is 16.1 Å². The lowest BCUT2D eigenvalue weighted by atomic mass is 10.0. The Morgan fingerprint density at radius 3 is 2.19 bits per heavy atom. The standard InChI is InChI=1S/C20H24N2O3S/c1-12-10-13(2)15(4)19(14(12)3)26(24,25)22-18-7-5-6-16(11-18)20(23)21-17-8-9-17/h5-7,10-11,17,22H,8-9H2,1-4H3,(H,21,23). The van der Waals surface area contributed by atoms with Gasteiger partial charge in [-0.25, -0.2) is 8.42 Å². The number of carbonyl (C=O) groups excluding carboxylic acids is 1. The second-order valence-electron chi connectivity index (χ2n) is 7.02. The van der Waals surface area contributed by atoms with Gasteiger partial charge in [0.2, 0.25) is 0 Å². The van der Waals surface area contributed by atoms with Gasteiger partial charge in [-0.15, -0.1) is 0 Å². The van der Waals surface area contributed by atoms with Crippen LogP contribution in [0.15, 0.2) is 35.2 Å². The quantitative estimate of drug-likeness (QED) is 0.842. The highest BCUT2D eigenvalue weighted by Gasteiger charge is 2.25. The number of hydrogen-bond donors (Lipinski definition) is 2. The molecule has 5 nitrogen and oxygen atoms in total. The predicted octanol–water partition coefficient (Wildman–Crippen LogP) is 3.61. The van der Waals surface area contributed by atoms with E-state index >= 15 is 0 Å². The number of nitrogens with one attached hydrogen (secondary N) is 2. The van der Waals surface area contributed by atoms with E-state index in [4.69, 9.17) is 0 Å². The Bertz CT molecular complexity index is 951. The third-order valence-corrected chi connectivity index (χ3v) is 6.51. The van der Waals surface area contributed by atoms with E-state index in [1.807, 2.05) is 33.8 Å². The van der Waals surface area contributed by atoms with Crippen molar-refractivity contribution >= 4 is 21.6 Å². The second-order valence-corrected chi connectivity index (χ2v) is 8.64. The molecule has 0 unspecified atom stereocenters. The summed E-state index contributed by atoms with van der Waals surface area (Å²) in [5.41, 5.74) is 4.18. The molecule has 138 valence electrons. The van der Waals surface area contributed by atoms with Crippen LogP contribution in [0, 0.1) is 27.7 Å². The normalized spacial score (nSPS) is 14.2. The summed E-state index contributed by atoms with van der Waals surface area (Å²) in [6.45, 7) is 7.44. The minimum absolute atomic E-state index is 0.174. The minimum Gasteiger partial charge on any atom is -0.349 e. The van der Waals surface area contributed by atoms with Crippen molar-refractivity contribution < 1.29 is 13.2 Å². The lowest BCUT2D eigenvalue weighted by molar-refractivity contribution is 0.0951. The summed E-state index contributed by atoms with van der Waals surface area (Å²) in [5.74, 6) is -0.174. The second kappa shape index (κ2) is 6.76. The van der Waals surface area contributed by atoms with E-state index < -0.39 is 10.0 Å². The summed E-state index contributed by atoms with van der Waals surface area (Å²) >= 11 is 0. The van der Waals surface area contributed by atoms with E-state index in [-0.39, 0.29) is 11.9 Å². The monoisotopic (exact) mass is 372 g/mol. The fourth-order valence-corrected chi connectivity index (χ4v) is 4.68. The molecule has 2 aromatic carbocycles. The Morgan fingerprint density at radius 2 is 1.62 bits per heavy atom. The van der Waals surface area contributed by atoms with E-state index in [1.54, 1.807) is 24.3 Å². The van der Waals surface area contributed by atoms with Crippen LogP contribution in [0.4, 0.5) is 5.69 Å². The predicted molar refractivity (Wildman–Crippen MR) is 103 cm³/mol. The van der Waals surface area contributed by atoms with Gasteiger partial charge in [0, 0.05) is 17.3 Å². The van der Waals surface area contributed by atoms with Crippen LogP contribution in [0.25, 0.3) is 0 Å². The highest BCUT2D eigenvalue weighted by Crippen LogP contribution is 2.28. The average Bonchev–Trinajstić information content (AvgIpc) is 3.36. The minimum atomic E-state index is -3.75. The van der Waals surface area contributed by atoms with Crippen molar-refractivity contribution in [1.82, 2.24) is 5.32 Å². The fraction of sp³-hybridized carbons (Fsp3) is 0.350. The number of anilines is 1. The van der Waals surface area contributed by atoms with Gasteiger partial charge in [-0.05, 0) is 81.0 Å². The number of benzene rings is 2. The van der Waals surface area contributed by atoms with Crippen molar-refractivity contribution in [2.24, 2.45) is 0 Å². The molecule has 1 fully saturated rings. The van der Waals surface area contributed by atoms with Crippen molar-refractivity contribution in [3.63, 3.8) is 0 Å². The van der Waals surface area contributed by atoms with Gasteiger partial charge >= 0.3 is 0 Å². The molecule has 0 heterocycles. The zero-order valence-electron chi connectivity index (χ0n) is 15.5. The third-order valence-electron chi connectivity index (χ3n) is 4.86. The van der Waals surface area contributed by atoms with Crippen molar-refractivity contribution in [3.8, 4) is 0 Å². The summed E-state index contributed by atoms with van der Waals surface area (Å²) in [7, 11) is -3.75. The summed E-state index contributed by atoms with van der Waals surface area (Å²) < 4.78 is 28.6. The van der Waals surface area contributed by atoms with Crippen molar-refractivity contribution in [1.29, 1.82) is 0 Å². The van der Waals surface area contributed by atoms with Gasteiger partial charge in [0.1, 0.15) is 0 Å². The van der Waals surface area contributed by atoms with Crippen molar-refractivity contribution in [2.75, 3.05) is 4.72 Å². The first-order chi connectivity index (χ1) is 12.2. The van der Waals surface area contributed by atoms with Crippen LogP contribution in [0.5, 0.6) is 0 Å². The number of rotatable bonds is 5. The summed E-state index contributed by atoms with van der Waals surface area (Å²) in [4.78, 5) is 12.5. The van der Waals surface area contributed by atoms with Crippen LogP contribution < -0.4 is 10.0 Å². The maximum atomic E-state index is 13.0. The van der Waals surface area contributed by atoms with Crippen molar-refractivity contribution in [3.05, 3.63) is 58.1 Å². The van der Waals surface area contributed by atoms with Crippen LogP contribution in [-0.2, 0) is 10.0 Å². The molecule has 0 atom stereocenters. The first kappa shape index (κ1) is 18.5. The lowest BCUT2D eigenvalue weighted by Gasteiger charge is -2.17. The van der Waals surface area contributed by atoms with E-state index in [9.17, 15) is 13.2 Å². The Balaban J connectivity index is 1.92. The molecule has 0 bridgehead atoms. The first-order valence-corrected chi connectivity index (χ1v) is 10.2. The number of aryl methyl sites for hydroxylation is 2. The Hall–Kier alpha value is -2.34. The molecule has 1 aliphatic rings. The fourth-order valence-electron chi connectivity index (χ4n) is 3.01. The zero-order chi connectivity index (χ0) is 19.1. The topological polar surface area (TPSA) is 75.3 Å². The maximum Gasteiger partial charge on any atom is 0.262 e. The molecule has 3 rings (SSSR count). The zero-order valence-corrected chi connectivity index (χ0v) is 16.3. The Kier molecular flexibility index (Phi) is 4.80. The summed E-state index contributed by atoms with van der Waals surface area (Å²) in [6, 6.07) is 8.83. The number of hydrogen-bond acceptors (Lipinski definition) is 3. The van der Waals surface area contributed by atoms with Gasteiger partial charge in [-0.3, -0.25) is 9.52 Å². The molecule has 1 aliphatic carbocycles. The molecule has 0 spiro atoms. The average molecular weight is 372 g/mol. The maximum absolute atomic E-state index is 13.0. The number of carbonyl (C=O) groups is 1. The molecule has 26 heavy (non-hydrogen) atoms. The molecule has 1 amide bonds. The smallest absolute Gasteiger partial charge is 0.262 e. The van der Waals surface area contributed by atoms with Gasteiger partial charge in [-0.2, -0.15) is 0 Å². The van der Waals surface area contributed by atoms with Gasteiger partial charge in [0.25, 0.3) is 15.9 Å². The number of amides is 1. The highest BCUT2D eigenvalue weighted by atomic mass is 32.2. The van der Waals surface area contributed by atoms with Gasteiger partial charge in [-0.1, -0.05) is 12.1 Å². The van der Waals surface area contributed by atoms with Crippen LogP contribution in [0.3, 0.4) is 0 Å². The molecule has 1 saturated carbocycles. The van der Waals surface area contributed by atoms with Crippen LogP contribution in [0.2, 0.25) is 0 Å². The summed E-state index contributed by atoms with van der Waals surface area (Å²) in [5, 5.41) is 2.91. The largest absolute Gasteiger partial charge is 0.349 e. The molecule has 2 aromatic rings. The van der Waals surface area contributed by atoms with Crippen LogP contribution in [0.1, 0.15) is 45.5 Å². The lowest BCUT2D eigenvalue weighted by Crippen LogP contribution is -2.25. The molecular weight excluding hydrogens is 348 g/mol. The van der Waals surface area contributed by atoms with E-state index in [0.717, 1.165) is 35.1 Å². The van der Waals surface area contributed by atoms with Gasteiger partial charge < -0.3 is 5.32 Å². The third kappa shape index (κ3) is 3.75. The molecule has 6 heteroatoms. The molecule has 0 aliphatic heterocycles. The Morgan fingerprint density at radius 1 is 1.00 bits per heavy atom. The summed E-state index contributed by atoms with van der Waals surface area (Å²) in [6.07, 6.45) is 2.01. The van der Waals surface area contributed by atoms with Crippen LogP contribution >= 0.6 is 0 Å². The van der Waals surface area contributed by atoms with Gasteiger partial charge in [0.15, 0.2) is 0 Å².